The largest absolute Gasteiger partial charge is 0.342 e. The average molecular weight is 222 g/mol. The maximum Gasteiger partial charge on any atom is 0.225 e. The van der Waals surface area contributed by atoms with Crippen LogP contribution in [0.2, 0.25) is 0 Å². The second kappa shape index (κ2) is 4.02. The summed E-state index contributed by atoms with van der Waals surface area (Å²) >= 11 is 0. The molecule has 1 amide bonds. The number of amides is 1. The van der Waals surface area contributed by atoms with Crippen LogP contribution >= 0.6 is 0 Å². The molecule has 1 saturated heterocycles. The maximum absolute atomic E-state index is 12.3. The summed E-state index contributed by atoms with van der Waals surface area (Å²) in [6, 6.07) is 0. The Hall–Kier alpha value is -0.570. The number of fused-ring (bicyclic) bond motifs is 1. The Balaban J connectivity index is 1.52. The van der Waals surface area contributed by atoms with Gasteiger partial charge in [0.25, 0.3) is 0 Å². The number of rotatable bonds is 3. The number of nitrogens with one attached hydrogen (secondary N) is 1. The summed E-state index contributed by atoms with van der Waals surface area (Å²) in [5.74, 6) is 3.38. The van der Waals surface area contributed by atoms with Gasteiger partial charge >= 0.3 is 0 Å². The smallest absolute Gasteiger partial charge is 0.225 e. The molecular formula is C13H22N2O. The van der Waals surface area contributed by atoms with Gasteiger partial charge in [0.1, 0.15) is 0 Å². The molecule has 0 radical (unpaired) electrons. The fourth-order valence-corrected chi connectivity index (χ4v) is 3.66. The zero-order chi connectivity index (χ0) is 11.1. The van der Waals surface area contributed by atoms with Crippen molar-refractivity contribution in [2.24, 2.45) is 23.7 Å². The van der Waals surface area contributed by atoms with Crippen molar-refractivity contribution in [2.75, 3.05) is 26.7 Å². The minimum atomic E-state index is 0.386. The van der Waals surface area contributed by atoms with Crippen LogP contribution in [-0.4, -0.2) is 37.5 Å². The molecule has 1 heterocycles. The van der Waals surface area contributed by atoms with Crippen molar-refractivity contribution < 1.29 is 4.79 Å². The van der Waals surface area contributed by atoms with Crippen LogP contribution in [0.3, 0.4) is 0 Å². The van der Waals surface area contributed by atoms with Crippen molar-refractivity contribution in [3.05, 3.63) is 0 Å². The van der Waals surface area contributed by atoms with E-state index in [4.69, 9.17) is 0 Å². The van der Waals surface area contributed by atoms with Crippen LogP contribution in [0.4, 0.5) is 0 Å². The summed E-state index contributed by atoms with van der Waals surface area (Å²) in [5.41, 5.74) is 0. The number of nitrogens with zero attached hydrogens (tertiary/aromatic N) is 1. The number of likely N-dealkylation sites (tertiary alicyclic amines) is 1. The highest BCUT2D eigenvalue weighted by molar-refractivity contribution is 5.79. The number of carbonyl (C=O) groups excluding carboxylic acids is 1. The molecule has 0 spiro atoms. The average Bonchev–Trinajstić information content (AvgIpc) is 2.74. The van der Waals surface area contributed by atoms with Gasteiger partial charge in [-0.2, -0.15) is 0 Å². The summed E-state index contributed by atoms with van der Waals surface area (Å²) in [5, 5.41) is 3.21. The molecule has 0 bridgehead atoms. The van der Waals surface area contributed by atoms with E-state index >= 15 is 0 Å². The molecule has 90 valence electrons. The van der Waals surface area contributed by atoms with E-state index in [0.717, 1.165) is 31.5 Å². The van der Waals surface area contributed by atoms with Crippen molar-refractivity contribution in [3.63, 3.8) is 0 Å². The molecule has 2 aliphatic carbocycles. The highest BCUT2D eigenvalue weighted by Crippen LogP contribution is 2.54. The molecule has 3 heteroatoms. The lowest BCUT2D eigenvalue weighted by Gasteiger charge is -2.21. The van der Waals surface area contributed by atoms with E-state index in [1.807, 2.05) is 7.05 Å². The van der Waals surface area contributed by atoms with Gasteiger partial charge in [-0.1, -0.05) is 0 Å². The molecule has 3 nitrogen and oxygen atoms in total. The summed E-state index contributed by atoms with van der Waals surface area (Å²) < 4.78 is 0. The van der Waals surface area contributed by atoms with Crippen molar-refractivity contribution in [1.29, 1.82) is 0 Å². The van der Waals surface area contributed by atoms with Crippen LogP contribution in [0, 0.1) is 23.7 Å². The highest BCUT2D eigenvalue weighted by atomic mass is 16.2. The molecule has 1 N–H and O–H groups in total. The second-order valence-electron chi connectivity index (χ2n) is 5.92. The van der Waals surface area contributed by atoms with E-state index in [9.17, 15) is 4.79 Å². The first kappa shape index (κ1) is 10.6. The molecule has 16 heavy (non-hydrogen) atoms. The van der Waals surface area contributed by atoms with Gasteiger partial charge < -0.3 is 10.2 Å². The van der Waals surface area contributed by atoms with Gasteiger partial charge in [0, 0.05) is 19.0 Å². The molecule has 0 aromatic carbocycles. The molecule has 3 rings (SSSR count). The normalized spacial score (nSPS) is 41.2. The van der Waals surface area contributed by atoms with Crippen LogP contribution in [0.1, 0.15) is 25.7 Å². The van der Waals surface area contributed by atoms with E-state index in [2.05, 4.69) is 10.2 Å². The van der Waals surface area contributed by atoms with Gasteiger partial charge in [-0.3, -0.25) is 4.79 Å². The minimum Gasteiger partial charge on any atom is -0.342 e. The quantitative estimate of drug-likeness (QED) is 0.775. The number of carbonyl (C=O) groups is 1. The predicted molar refractivity (Wildman–Crippen MR) is 62.9 cm³/mol. The first-order valence-corrected chi connectivity index (χ1v) is 6.71. The Morgan fingerprint density at radius 1 is 1.31 bits per heavy atom. The van der Waals surface area contributed by atoms with Crippen LogP contribution in [-0.2, 0) is 4.79 Å². The SMILES string of the molecule is CNCC1CCN(C(=O)C2CC3CC3C2)C1. The van der Waals surface area contributed by atoms with Crippen molar-refractivity contribution in [3.8, 4) is 0 Å². The van der Waals surface area contributed by atoms with Crippen molar-refractivity contribution >= 4 is 5.91 Å². The Morgan fingerprint density at radius 3 is 2.75 bits per heavy atom. The van der Waals surface area contributed by atoms with Crippen molar-refractivity contribution in [2.45, 2.75) is 25.7 Å². The molecule has 2 saturated carbocycles. The van der Waals surface area contributed by atoms with E-state index in [0.29, 0.717) is 17.7 Å². The standard InChI is InChI=1S/C13H22N2O/c1-14-7-9-2-3-15(8-9)13(16)12-5-10-4-11(10)6-12/h9-12,14H,2-8H2,1H3. The van der Waals surface area contributed by atoms with E-state index in [-0.39, 0.29) is 0 Å². The Bertz CT molecular complexity index is 282. The van der Waals surface area contributed by atoms with E-state index in [1.54, 1.807) is 0 Å². The first-order valence-electron chi connectivity index (χ1n) is 6.71. The fourth-order valence-electron chi connectivity index (χ4n) is 3.66. The predicted octanol–water partition coefficient (Wildman–Crippen LogP) is 1.10. The summed E-state index contributed by atoms with van der Waals surface area (Å²) in [7, 11) is 2.00. The summed E-state index contributed by atoms with van der Waals surface area (Å²) in [6.07, 6.45) is 4.98. The third kappa shape index (κ3) is 1.86. The highest BCUT2D eigenvalue weighted by Gasteiger charge is 2.49. The topological polar surface area (TPSA) is 32.3 Å². The van der Waals surface area contributed by atoms with Crippen LogP contribution in [0.25, 0.3) is 0 Å². The van der Waals surface area contributed by atoms with Gasteiger partial charge in [0.05, 0.1) is 0 Å². The third-order valence-electron chi connectivity index (χ3n) is 4.68. The molecule has 3 aliphatic rings. The molecule has 3 unspecified atom stereocenters. The maximum atomic E-state index is 12.3. The fraction of sp³-hybridized carbons (Fsp3) is 0.923. The molecule has 3 fully saturated rings. The molecular weight excluding hydrogens is 200 g/mol. The summed E-state index contributed by atoms with van der Waals surface area (Å²) in [6.45, 7) is 3.04. The Morgan fingerprint density at radius 2 is 2.06 bits per heavy atom. The van der Waals surface area contributed by atoms with Crippen LogP contribution in [0.15, 0.2) is 0 Å². The Kier molecular flexibility index (Phi) is 2.66. The van der Waals surface area contributed by atoms with E-state index < -0.39 is 0 Å². The lowest BCUT2D eigenvalue weighted by atomic mass is 10.0. The van der Waals surface area contributed by atoms with Crippen LogP contribution < -0.4 is 5.32 Å². The molecule has 0 aromatic rings. The molecule has 3 atom stereocenters. The Labute approximate surface area is 97.6 Å². The van der Waals surface area contributed by atoms with Gasteiger partial charge in [-0.15, -0.1) is 0 Å². The lowest BCUT2D eigenvalue weighted by molar-refractivity contribution is -0.134. The third-order valence-corrected chi connectivity index (χ3v) is 4.68. The second-order valence-corrected chi connectivity index (χ2v) is 5.92. The zero-order valence-corrected chi connectivity index (χ0v) is 10.1. The monoisotopic (exact) mass is 222 g/mol. The van der Waals surface area contributed by atoms with Gasteiger partial charge in [0.15, 0.2) is 0 Å². The zero-order valence-electron chi connectivity index (χ0n) is 10.1. The summed E-state index contributed by atoms with van der Waals surface area (Å²) in [4.78, 5) is 14.4. The minimum absolute atomic E-state index is 0.386. The van der Waals surface area contributed by atoms with Gasteiger partial charge in [-0.25, -0.2) is 0 Å². The van der Waals surface area contributed by atoms with Gasteiger partial charge in [-0.05, 0) is 57.0 Å². The first-order chi connectivity index (χ1) is 7.78. The van der Waals surface area contributed by atoms with E-state index in [1.165, 1.54) is 25.7 Å². The number of hydrogen-bond acceptors (Lipinski definition) is 2. The molecule has 0 aromatic heterocycles. The number of hydrogen-bond donors (Lipinski definition) is 1. The molecule has 1 aliphatic heterocycles. The van der Waals surface area contributed by atoms with Crippen LogP contribution in [0.5, 0.6) is 0 Å². The van der Waals surface area contributed by atoms with Gasteiger partial charge in [0.2, 0.25) is 5.91 Å². The lowest BCUT2D eigenvalue weighted by Crippen LogP contribution is -2.34. The van der Waals surface area contributed by atoms with Crippen molar-refractivity contribution in [1.82, 2.24) is 10.2 Å².